The SMILES string of the molecule is C=C(/C=C\C(=C/C)OCCOC)OC. The zero-order valence-electron chi connectivity index (χ0n) is 9.08. The molecule has 0 saturated heterocycles. The minimum absolute atomic E-state index is 0.542. The van der Waals surface area contributed by atoms with Crippen LogP contribution in [0.1, 0.15) is 6.92 Å². The first-order valence-corrected chi connectivity index (χ1v) is 4.43. The maximum Gasteiger partial charge on any atom is 0.115 e. The van der Waals surface area contributed by atoms with Crippen LogP contribution >= 0.6 is 0 Å². The summed E-state index contributed by atoms with van der Waals surface area (Å²) in [6, 6.07) is 0. The summed E-state index contributed by atoms with van der Waals surface area (Å²) in [5, 5.41) is 0. The van der Waals surface area contributed by atoms with Crippen LogP contribution in [0.5, 0.6) is 0 Å². The molecule has 3 heteroatoms. The summed E-state index contributed by atoms with van der Waals surface area (Å²) in [6.07, 6.45) is 5.43. The van der Waals surface area contributed by atoms with E-state index in [0.29, 0.717) is 19.0 Å². The predicted molar refractivity (Wildman–Crippen MR) is 56.9 cm³/mol. The predicted octanol–water partition coefficient (Wildman–Crippen LogP) is 2.27. The van der Waals surface area contributed by atoms with E-state index >= 15 is 0 Å². The summed E-state index contributed by atoms with van der Waals surface area (Å²) < 4.78 is 15.1. The van der Waals surface area contributed by atoms with E-state index in [-0.39, 0.29) is 0 Å². The van der Waals surface area contributed by atoms with Crippen molar-refractivity contribution >= 4 is 0 Å². The largest absolute Gasteiger partial charge is 0.497 e. The van der Waals surface area contributed by atoms with Gasteiger partial charge in [-0.05, 0) is 25.2 Å². The molecule has 0 atom stereocenters. The zero-order chi connectivity index (χ0) is 10.8. The molecule has 0 fully saturated rings. The van der Waals surface area contributed by atoms with Gasteiger partial charge in [-0.2, -0.15) is 0 Å². The van der Waals surface area contributed by atoms with Crippen LogP contribution < -0.4 is 0 Å². The number of allylic oxidation sites excluding steroid dienone is 3. The highest BCUT2D eigenvalue weighted by Gasteiger charge is 1.91. The van der Waals surface area contributed by atoms with Crippen LogP contribution in [0.15, 0.2) is 36.3 Å². The molecule has 0 spiro atoms. The number of methoxy groups -OCH3 is 2. The molecule has 0 unspecified atom stereocenters. The number of ether oxygens (including phenoxy) is 3. The molecule has 0 aliphatic rings. The lowest BCUT2D eigenvalue weighted by molar-refractivity contribution is 0.114. The van der Waals surface area contributed by atoms with Gasteiger partial charge in [0.05, 0.1) is 13.7 Å². The Bertz CT molecular complexity index is 217. The van der Waals surface area contributed by atoms with Crippen molar-refractivity contribution in [3.8, 4) is 0 Å². The molecule has 0 bridgehead atoms. The van der Waals surface area contributed by atoms with Gasteiger partial charge in [-0.1, -0.05) is 6.58 Å². The van der Waals surface area contributed by atoms with Crippen LogP contribution in [0.25, 0.3) is 0 Å². The summed E-state index contributed by atoms with van der Waals surface area (Å²) >= 11 is 0. The fourth-order valence-electron chi connectivity index (χ4n) is 0.714. The third-order valence-corrected chi connectivity index (χ3v) is 1.54. The maximum atomic E-state index is 5.38. The van der Waals surface area contributed by atoms with Gasteiger partial charge in [-0.25, -0.2) is 0 Å². The first kappa shape index (κ1) is 12.8. The van der Waals surface area contributed by atoms with Crippen LogP contribution in [0.3, 0.4) is 0 Å². The Balaban J connectivity index is 3.92. The van der Waals surface area contributed by atoms with E-state index in [1.54, 1.807) is 20.3 Å². The third kappa shape index (κ3) is 6.31. The molecule has 0 heterocycles. The average molecular weight is 198 g/mol. The molecule has 0 rings (SSSR count). The Hall–Kier alpha value is -1.22. The molecule has 0 aromatic heterocycles. The molecule has 0 saturated carbocycles. The molecule has 0 aliphatic carbocycles. The van der Waals surface area contributed by atoms with E-state index in [4.69, 9.17) is 14.2 Å². The standard InChI is InChI=1S/C11H18O3/c1-5-11(14-9-8-12-3)7-6-10(2)13-4/h5-7H,2,8-9H2,1,3-4H3/b7-6-,11-5+. The molecular formula is C11H18O3. The molecule has 0 amide bonds. The smallest absolute Gasteiger partial charge is 0.115 e. The van der Waals surface area contributed by atoms with Crippen LogP contribution in [0, 0.1) is 0 Å². The van der Waals surface area contributed by atoms with Crippen molar-refractivity contribution in [3.63, 3.8) is 0 Å². The second-order valence-electron chi connectivity index (χ2n) is 2.54. The van der Waals surface area contributed by atoms with Gasteiger partial charge in [0.1, 0.15) is 18.1 Å². The minimum Gasteiger partial charge on any atom is -0.497 e. The molecule has 80 valence electrons. The number of rotatable bonds is 7. The summed E-state index contributed by atoms with van der Waals surface area (Å²) in [4.78, 5) is 0. The normalized spacial score (nSPS) is 11.8. The topological polar surface area (TPSA) is 27.7 Å². The zero-order valence-corrected chi connectivity index (χ0v) is 9.08. The highest BCUT2D eigenvalue weighted by Crippen LogP contribution is 2.02. The molecular weight excluding hydrogens is 180 g/mol. The Morgan fingerprint density at radius 1 is 1.21 bits per heavy atom. The van der Waals surface area contributed by atoms with Gasteiger partial charge in [-0.15, -0.1) is 0 Å². The number of hydrogen-bond donors (Lipinski definition) is 0. The molecule has 0 N–H and O–H groups in total. The van der Waals surface area contributed by atoms with Crippen LogP contribution in [-0.2, 0) is 14.2 Å². The fraction of sp³-hybridized carbons (Fsp3) is 0.455. The monoisotopic (exact) mass is 198 g/mol. The van der Waals surface area contributed by atoms with Crippen LogP contribution in [-0.4, -0.2) is 27.4 Å². The second kappa shape index (κ2) is 8.38. The molecule has 0 radical (unpaired) electrons. The van der Waals surface area contributed by atoms with Crippen molar-refractivity contribution in [3.05, 3.63) is 36.3 Å². The van der Waals surface area contributed by atoms with E-state index in [0.717, 1.165) is 5.76 Å². The Morgan fingerprint density at radius 3 is 2.43 bits per heavy atom. The van der Waals surface area contributed by atoms with Crippen molar-refractivity contribution in [2.24, 2.45) is 0 Å². The first-order chi connectivity index (χ1) is 6.74. The van der Waals surface area contributed by atoms with Crippen molar-refractivity contribution in [1.82, 2.24) is 0 Å². The molecule has 14 heavy (non-hydrogen) atoms. The van der Waals surface area contributed by atoms with Crippen molar-refractivity contribution in [1.29, 1.82) is 0 Å². The minimum atomic E-state index is 0.542. The lowest BCUT2D eigenvalue weighted by Gasteiger charge is -2.05. The average Bonchev–Trinajstić information content (AvgIpc) is 2.22. The van der Waals surface area contributed by atoms with Gasteiger partial charge in [0.2, 0.25) is 0 Å². The second-order valence-corrected chi connectivity index (χ2v) is 2.54. The Labute approximate surface area is 85.7 Å². The van der Waals surface area contributed by atoms with E-state index in [2.05, 4.69) is 6.58 Å². The van der Waals surface area contributed by atoms with Gasteiger partial charge in [0.25, 0.3) is 0 Å². The quantitative estimate of drug-likeness (QED) is 0.357. The summed E-state index contributed by atoms with van der Waals surface area (Å²) in [5.74, 6) is 1.37. The summed E-state index contributed by atoms with van der Waals surface area (Å²) in [5.41, 5.74) is 0. The fourth-order valence-corrected chi connectivity index (χ4v) is 0.714. The summed E-state index contributed by atoms with van der Waals surface area (Å²) in [6.45, 7) is 6.69. The van der Waals surface area contributed by atoms with Crippen molar-refractivity contribution in [2.75, 3.05) is 27.4 Å². The van der Waals surface area contributed by atoms with E-state index in [9.17, 15) is 0 Å². The molecule has 0 aromatic rings. The highest BCUT2D eigenvalue weighted by atomic mass is 16.5. The van der Waals surface area contributed by atoms with E-state index < -0.39 is 0 Å². The van der Waals surface area contributed by atoms with Crippen molar-refractivity contribution in [2.45, 2.75) is 6.92 Å². The Kier molecular flexibility index (Phi) is 7.65. The number of hydrogen-bond acceptors (Lipinski definition) is 3. The lowest BCUT2D eigenvalue weighted by Crippen LogP contribution is -2.00. The Morgan fingerprint density at radius 2 is 1.93 bits per heavy atom. The summed E-state index contributed by atoms with van der Waals surface area (Å²) in [7, 11) is 3.22. The van der Waals surface area contributed by atoms with E-state index in [1.165, 1.54) is 0 Å². The lowest BCUT2D eigenvalue weighted by atomic mass is 10.4. The van der Waals surface area contributed by atoms with Gasteiger partial charge in [-0.3, -0.25) is 0 Å². The molecule has 0 aliphatic heterocycles. The van der Waals surface area contributed by atoms with Gasteiger partial charge in [0, 0.05) is 7.11 Å². The van der Waals surface area contributed by atoms with Crippen LogP contribution in [0.4, 0.5) is 0 Å². The van der Waals surface area contributed by atoms with Gasteiger partial charge < -0.3 is 14.2 Å². The van der Waals surface area contributed by atoms with Gasteiger partial charge >= 0.3 is 0 Å². The highest BCUT2D eigenvalue weighted by molar-refractivity contribution is 5.18. The molecule has 0 aromatic carbocycles. The molecule has 3 nitrogen and oxygen atoms in total. The van der Waals surface area contributed by atoms with Gasteiger partial charge in [0.15, 0.2) is 0 Å². The van der Waals surface area contributed by atoms with E-state index in [1.807, 2.05) is 19.1 Å². The first-order valence-electron chi connectivity index (χ1n) is 4.43. The van der Waals surface area contributed by atoms with Crippen LogP contribution in [0.2, 0.25) is 0 Å². The maximum absolute atomic E-state index is 5.38. The van der Waals surface area contributed by atoms with Crippen molar-refractivity contribution < 1.29 is 14.2 Å². The third-order valence-electron chi connectivity index (χ3n) is 1.54.